The third kappa shape index (κ3) is 4.46. The molecule has 0 aliphatic rings. The molecule has 0 fully saturated rings. The van der Waals surface area contributed by atoms with Crippen LogP contribution in [0.1, 0.15) is 20.8 Å². The Hall–Kier alpha value is -0.420. The van der Waals surface area contributed by atoms with Gasteiger partial charge in [-0.1, -0.05) is 0 Å². The largest absolute Gasteiger partial charge is 0.377 e. The molecule has 0 spiro atoms. The SMILES string of the molecule is CC(C)=NCCS(=O)(=O)C(C)O. The molecule has 0 heterocycles. The standard InChI is InChI=1S/C7H15NO3S/c1-6(2)8-4-5-12(10,11)7(3)9/h7,9H,4-5H2,1-3H3. The Morgan fingerprint density at radius 3 is 2.33 bits per heavy atom. The van der Waals surface area contributed by atoms with Gasteiger partial charge in [0.15, 0.2) is 15.3 Å². The molecule has 0 amide bonds. The molecule has 1 atom stereocenters. The van der Waals surface area contributed by atoms with E-state index >= 15 is 0 Å². The van der Waals surface area contributed by atoms with Gasteiger partial charge in [0.25, 0.3) is 0 Å². The van der Waals surface area contributed by atoms with Gasteiger partial charge < -0.3 is 5.11 Å². The summed E-state index contributed by atoms with van der Waals surface area (Å²) in [6.45, 7) is 5.08. The Labute approximate surface area is 73.2 Å². The molecule has 0 radical (unpaired) electrons. The highest BCUT2D eigenvalue weighted by Gasteiger charge is 2.16. The summed E-state index contributed by atoms with van der Waals surface area (Å²) in [4.78, 5) is 3.92. The number of aliphatic hydroxyl groups is 1. The fourth-order valence-electron chi connectivity index (χ4n) is 0.567. The number of sulfone groups is 1. The molecule has 12 heavy (non-hydrogen) atoms. The summed E-state index contributed by atoms with van der Waals surface area (Å²) in [5.41, 5.74) is -0.444. The monoisotopic (exact) mass is 193 g/mol. The minimum Gasteiger partial charge on any atom is -0.377 e. The van der Waals surface area contributed by atoms with Gasteiger partial charge >= 0.3 is 0 Å². The van der Waals surface area contributed by atoms with E-state index in [1.807, 2.05) is 0 Å². The summed E-state index contributed by atoms with van der Waals surface area (Å²) >= 11 is 0. The molecular weight excluding hydrogens is 178 g/mol. The fourth-order valence-corrected chi connectivity index (χ4v) is 1.25. The molecule has 0 rings (SSSR count). The number of nitrogens with zero attached hydrogens (tertiary/aromatic N) is 1. The zero-order valence-corrected chi connectivity index (χ0v) is 8.43. The van der Waals surface area contributed by atoms with E-state index < -0.39 is 15.3 Å². The van der Waals surface area contributed by atoms with Crippen LogP contribution in [-0.2, 0) is 9.84 Å². The number of aliphatic imine (C=N–C) groups is 1. The topological polar surface area (TPSA) is 66.7 Å². The van der Waals surface area contributed by atoms with E-state index in [1.54, 1.807) is 13.8 Å². The van der Waals surface area contributed by atoms with Crippen LogP contribution in [-0.4, -0.2) is 37.0 Å². The van der Waals surface area contributed by atoms with E-state index in [1.165, 1.54) is 6.92 Å². The number of rotatable bonds is 4. The first kappa shape index (κ1) is 11.6. The zero-order chi connectivity index (χ0) is 9.78. The first-order valence-corrected chi connectivity index (χ1v) is 5.45. The average Bonchev–Trinajstić information content (AvgIpc) is 1.85. The Morgan fingerprint density at radius 1 is 1.50 bits per heavy atom. The number of hydrogen-bond acceptors (Lipinski definition) is 4. The number of aliphatic hydroxyl groups excluding tert-OH is 1. The maximum atomic E-state index is 11.0. The van der Waals surface area contributed by atoms with E-state index in [-0.39, 0.29) is 12.3 Å². The van der Waals surface area contributed by atoms with Crippen LogP contribution in [0.2, 0.25) is 0 Å². The molecule has 0 bridgehead atoms. The van der Waals surface area contributed by atoms with Gasteiger partial charge in [-0.25, -0.2) is 8.42 Å². The lowest BCUT2D eigenvalue weighted by Gasteiger charge is -2.04. The quantitative estimate of drug-likeness (QED) is 0.649. The van der Waals surface area contributed by atoms with Crippen molar-refractivity contribution in [1.82, 2.24) is 0 Å². The molecule has 0 aromatic carbocycles. The zero-order valence-electron chi connectivity index (χ0n) is 7.61. The molecule has 72 valence electrons. The van der Waals surface area contributed by atoms with Gasteiger partial charge in [-0.3, -0.25) is 4.99 Å². The van der Waals surface area contributed by atoms with Crippen molar-refractivity contribution in [1.29, 1.82) is 0 Å². The van der Waals surface area contributed by atoms with Crippen LogP contribution >= 0.6 is 0 Å². The van der Waals surface area contributed by atoms with Gasteiger partial charge in [0.2, 0.25) is 0 Å². The Bertz CT molecular complexity index is 250. The highest BCUT2D eigenvalue weighted by Crippen LogP contribution is 1.97. The van der Waals surface area contributed by atoms with Crippen molar-refractivity contribution in [3.63, 3.8) is 0 Å². The lowest BCUT2D eigenvalue weighted by molar-refractivity contribution is 0.268. The van der Waals surface area contributed by atoms with Crippen molar-refractivity contribution >= 4 is 15.5 Å². The lowest BCUT2D eigenvalue weighted by Crippen LogP contribution is -2.21. The van der Waals surface area contributed by atoms with Crippen molar-refractivity contribution in [3.05, 3.63) is 0 Å². The van der Waals surface area contributed by atoms with Crippen LogP contribution in [0.3, 0.4) is 0 Å². The van der Waals surface area contributed by atoms with E-state index in [4.69, 9.17) is 5.11 Å². The van der Waals surface area contributed by atoms with Crippen LogP contribution in [0.4, 0.5) is 0 Å². The molecule has 0 aliphatic heterocycles. The smallest absolute Gasteiger partial charge is 0.178 e. The van der Waals surface area contributed by atoms with E-state index in [9.17, 15) is 8.42 Å². The Kier molecular flexibility index (Phi) is 4.41. The predicted octanol–water partition coefficient (Wildman–Crippen LogP) is 0.220. The van der Waals surface area contributed by atoms with E-state index in [0.29, 0.717) is 0 Å². The molecule has 0 saturated heterocycles. The summed E-state index contributed by atoms with van der Waals surface area (Å²) in [6, 6.07) is 0. The third-order valence-corrected chi connectivity index (χ3v) is 3.11. The second kappa shape index (κ2) is 4.57. The molecule has 1 N–H and O–H groups in total. The van der Waals surface area contributed by atoms with Gasteiger partial charge in [0, 0.05) is 5.71 Å². The minimum absolute atomic E-state index is 0.0875. The first-order chi connectivity index (χ1) is 5.36. The van der Waals surface area contributed by atoms with Gasteiger partial charge in [-0.15, -0.1) is 0 Å². The molecule has 1 unspecified atom stereocenters. The van der Waals surface area contributed by atoms with Crippen molar-refractivity contribution in [2.45, 2.75) is 26.2 Å². The van der Waals surface area contributed by atoms with Crippen LogP contribution in [0.5, 0.6) is 0 Å². The molecule has 0 saturated carbocycles. The van der Waals surface area contributed by atoms with Crippen LogP contribution in [0.25, 0.3) is 0 Å². The normalized spacial score (nSPS) is 14.0. The lowest BCUT2D eigenvalue weighted by atomic mass is 10.5. The van der Waals surface area contributed by atoms with Crippen LogP contribution in [0, 0.1) is 0 Å². The maximum Gasteiger partial charge on any atom is 0.178 e. The van der Waals surface area contributed by atoms with E-state index in [0.717, 1.165) is 5.71 Å². The molecule has 5 heteroatoms. The summed E-state index contributed by atoms with van der Waals surface area (Å²) in [6.07, 6.45) is 0. The highest BCUT2D eigenvalue weighted by molar-refractivity contribution is 7.91. The van der Waals surface area contributed by atoms with Gasteiger partial charge in [0.1, 0.15) is 0 Å². The van der Waals surface area contributed by atoms with Crippen molar-refractivity contribution in [3.8, 4) is 0 Å². The maximum absolute atomic E-state index is 11.0. The second-order valence-corrected chi connectivity index (χ2v) is 5.21. The summed E-state index contributed by atoms with van der Waals surface area (Å²) in [7, 11) is -3.35. The van der Waals surface area contributed by atoms with Crippen LogP contribution in [0.15, 0.2) is 4.99 Å². The second-order valence-electron chi connectivity index (χ2n) is 2.80. The van der Waals surface area contributed by atoms with Gasteiger partial charge in [0.05, 0.1) is 12.3 Å². The van der Waals surface area contributed by atoms with E-state index in [2.05, 4.69) is 4.99 Å². The summed E-state index contributed by atoms with van der Waals surface area (Å²) in [5.74, 6) is -0.0875. The van der Waals surface area contributed by atoms with Crippen molar-refractivity contribution in [2.75, 3.05) is 12.3 Å². The van der Waals surface area contributed by atoms with Crippen LogP contribution < -0.4 is 0 Å². The average molecular weight is 193 g/mol. The predicted molar refractivity (Wildman–Crippen MR) is 49.1 cm³/mol. The minimum atomic E-state index is -3.35. The molecular formula is C7H15NO3S. The molecule has 0 aromatic heterocycles. The summed E-state index contributed by atoms with van der Waals surface area (Å²) in [5, 5.41) is 8.81. The fraction of sp³-hybridized carbons (Fsp3) is 0.857. The van der Waals surface area contributed by atoms with Gasteiger partial charge in [-0.05, 0) is 20.8 Å². The summed E-state index contributed by atoms with van der Waals surface area (Å²) < 4.78 is 22.0. The molecule has 4 nitrogen and oxygen atoms in total. The van der Waals surface area contributed by atoms with Gasteiger partial charge in [-0.2, -0.15) is 0 Å². The molecule has 0 aromatic rings. The van der Waals surface area contributed by atoms with Crippen molar-refractivity contribution < 1.29 is 13.5 Å². The molecule has 0 aliphatic carbocycles. The highest BCUT2D eigenvalue weighted by atomic mass is 32.2. The first-order valence-electron chi connectivity index (χ1n) is 3.73. The third-order valence-electron chi connectivity index (χ3n) is 1.32. The Morgan fingerprint density at radius 2 is 2.00 bits per heavy atom. The van der Waals surface area contributed by atoms with Crippen molar-refractivity contribution in [2.24, 2.45) is 4.99 Å². The number of hydrogen-bond donors (Lipinski definition) is 1. The Balaban J connectivity index is 4.03.